The molecule has 2 fully saturated rings. The minimum absolute atomic E-state index is 0.0500. The smallest absolute Gasteiger partial charge is 0.242 e. The molecule has 2 saturated heterocycles. The maximum Gasteiger partial charge on any atom is 0.242 e. The summed E-state index contributed by atoms with van der Waals surface area (Å²) in [5, 5.41) is 0. The molecule has 2 aromatic carbocycles. The zero-order valence-electron chi connectivity index (χ0n) is 18.1. The van der Waals surface area contributed by atoms with Crippen LogP contribution in [0.25, 0.3) is 11.0 Å². The molecule has 2 amide bonds. The van der Waals surface area contributed by atoms with Crippen molar-refractivity contribution in [1.29, 1.82) is 0 Å². The van der Waals surface area contributed by atoms with Crippen LogP contribution in [0.5, 0.6) is 5.75 Å². The molecule has 8 nitrogen and oxygen atoms in total. The highest BCUT2D eigenvalue weighted by atomic mass is 16.5. The summed E-state index contributed by atoms with van der Waals surface area (Å²) >= 11 is 0. The zero-order valence-corrected chi connectivity index (χ0v) is 18.1. The van der Waals surface area contributed by atoms with E-state index in [1.807, 2.05) is 58.0 Å². The van der Waals surface area contributed by atoms with Gasteiger partial charge in [0.15, 0.2) is 0 Å². The maximum atomic E-state index is 13.0. The van der Waals surface area contributed by atoms with E-state index in [-0.39, 0.29) is 24.3 Å². The third-order valence-electron chi connectivity index (χ3n) is 6.22. The highest BCUT2D eigenvalue weighted by molar-refractivity contribution is 5.96. The number of rotatable bonds is 5. The number of para-hydroxylation sites is 2. The fourth-order valence-electron chi connectivity index (χ4n) is 4.51. The van der Waals surface area contributed by atoms with E-state index in [2.05, 4.69) is 0 Å². The third kappa shape index (κ3) is 3.82. The van der Waals surface area contributed by atoms with Gasteiger partial charge in [0.2, 0.25) is 11.8 Å². The third-order valence-corrected chi connectivity index (χ3v) is 6.22. The molecule has 3 heterocycles. The summed E-state index contributed by atoms with van der Waals surface area (Å²) in [6, 6.07) is 15.3. The molecule has 166 valence electrons. The number of hydrogen-bond acceptors (Lipinski definition) is 5. The SMILES string of the molecule is COc1ccc(N2C[C@H](c3nc4ccccc4n3CC(=O)N3CCOCC3)CC2=O)cc1. The Morgan fingerprint density at radius 1 is 1.12 bits per heavy atom. The lowest BCUT2D eigenvalue weighted by atomic mass is 10.1. The number of hydrogen-bond donors (Lipinski definition) is 0. The average molecular weight is 434 g/mol. The van der Waals surface area contributed by atoms with Crippen LogP contribution in [0.1, 0.15) is 18.2 Å². The van der Waals surface area contributed by atoms with Gasteiger partial charge in [0.25, 0.3) is 0 Å². The van der Waals surface area contributed by atoms with Gasteiger partial charge in [0, 0.05) is 37.7 Å². The second-order valence-electron chi connectivity index (χ2n) is 8.14. The maximum absolute atomic E-state index is 13.0. The molecule has 0 radical (unpaired) electrons. The number of benzene rings is 2. The minimum atomic E-state index is -0.0884. The Bertz CT molecular complexity index is 1130. The zero-order chi connectivity index (χ0) is 22.1. The van der Waals surface area contributed by atoms with E-state index in [0.717, 1.165) is 28.3 Å². The molecule has 2 aliphatic rings. The van der Waals surface area contributed by atoms with Gasteiger partial charge < -0.3 is 23.8 Å². The van der Waals surface area contributed by atoms with Gasteiger partial charge in [0.05, 0.1) is 31.4 Å². The number of aromatic nitrogens is 2. The van der Waals surface area contributed by atoms with Gasteiger partial charge in [-0.1, -0.05) is 12.1 Å². The fraction of sp³-hybridized carbons (Fsp3) is 0.375. The number of imidazole rings is 1. The average Bonchev–Trinajstić information content (AvgIpc) is 3.40. The predicted molar refractivity (Wildman–Crippen MR) is 120 cm³/mol. The van der Waals surface area contributed by atoms with Gasteiger partial charge in [-0.3, -0.25) is 9.59 Å². The number of anilines is 1. The van der Waals surface area contributed by atoms with E-state index in [0.29, 0.717) is 39.3 Å². The Hall–Kier alpha value is -3.39. The number of morpholine rings is 1. The molecule has 3 aromatic rings. The van der Waals surface area contributed by atoms with Crippen molar-refractivity contribution in [2.24, 2.45) is 0 Å². The Kier molecular flexibility index (Phi) is 5.53. The van der Waals surface area contributed by atoms with Crippen LogP contribution in [0.2, 0.25) is 0 Å². The van der Waals surface area contributed by atoms with E-state index in [1.165, 1.54) is 0 Å². The first kappa shape index (κ1) is 20.5. The number of nitrogens with zero attached hydrogens (tertiary/aromatic N) is 4. The van der Waals surface area contributed by atoms with Crippen molar-refractivity contribution in [3.63, 3.8) is 0 Å². The van der Waals surface area contributed by atoms with Gasteiger partial charge in [-0.05, 0) is 36.4 Å². The molecule has 0 aliphatic carbocycles. The summed E-state index contributed by atoms with van der Waals surface area (Å²) in [7, 11) is 1.62. The molecule has 1 aromatic heterocycles. The van der Waals surface area contributed by atoms with Crippen LogP contribution in [-0.2, 0) is 20.9 Å². The standard InChI is InChI=1S/C24H26N4O4/c1-31-19-8-6-18(7-9-19)27-15-17(14-22(27)29)24-25-20-4-2-3-5-21(20)28(24)16-23(30)26-10-12-32-13-11-26/h2-9,17H,10-16H2,1H3/t17-/m1/s1. The molecule has 0 saturated carbocycles. The summed E-state index contributed by atoms with van der Waals surface area (Å²) < 4.78 is 12.6. The molecular weight excluding hydrogens is 408 g/mol. The molecule has 0 N–H and O–H groups in total. The van der Waals surface area contributed by atoms with Crippen LogP contribution >= 0.6 is 0 Å². The quantitative estimate of drug-likeness (QED) is 0.617. The van der Waals surface area contributed by atoms with E-state index in [4.69, 9.17) is 14.5 Å². The number of carbonyl (C=O) groups is 2. The molecule has 1 atom stereocenters. The van der Waals surface area contributed by atoms with E-state index in [1.54, 1.807) is 12.0 Å². The van der Waals surface area contributed by atoms with Gasteiger partial charge in [-0.25, -0.2) is 4.98 Å². The normalized spacial score (nSPS) is 19.0. The van der Waals surface area contributed by atoms with Crippen LogP contribution < -0.4 is 9.64 Å². The van der Waals surface area contributed by atoms with Gasteiger partial charge in [-0.2, -0.15) is 0 Å². The predicted octanol–water partition coefficient (Wildman–Crippen LogP) is 2.42. The fourth-order valence-corrected chi connectivity index (χ4v) is 4.51. The van der Waals surface area contributed by atoms with Crippen molar-refractivity contribution in [1.82, 2.24) is 14.5 Å². The lowest BCUT2D eigenvalue weighted by Gasteiger charge is -2.27. The Labute approximate surface area is 186 Å². The van der Waals surface area contributed by atoms with E-state index in [9.17, 15) is 9.59 Å². The molecule has 8 heteroatoms. The summed E-state index contributed by atoms with van der Waals surface area (Å²) in [6.45, 7) is 3.08. The molecule has 0 unspecified atom stereocenters. The van der Waals surface area contributed by atoms with Crippen LogP contribution in [-0.4, -0.2) is 66.2 Å². The van der Waals surface area contributed by atoms with Crippen LogP contribution in [0.3, 0.4) is 0 Å². The van der Waals surface area contributed by atoms with E-state index < -0.39 is 0 Å². The van der Waals surface area contributed by atoms with E-state index >= 15 is 0 Å². The van der Waals surface area contributed by atoms with Gasteiger partial charge in [0.1, 0.15) is 18.1 Å². The Morgan fingerprint density at radius 2 is 1.88 bits per heavy atom. The van der Waals surface area contributed by atoms with Crippen molar-refractivity contribution < 1.29 is 19.1 Å². The minimum Gasteiger partial charge on any atom is -0.497 e. The second kappa shape index (κ2) is 8.63. The lowest BCUT2D eigenvalue weighted by Crippen LogP contribution is -2.42. The number of amides is 2. The Morgan fingerprint density at radius 3 is 2.62 bits per heavy atom. The largest absolute Gasteiger partial charge is 0.497 e. The molecule has 2 aliphatic heterocycles. The summed E-state index contributed by atoms with van der Waals surface area (Å²) in [6.07, 6.45) is 0.362. The highest BCUT2D eigenvalue weighted by Gasteiger charge is 2.35. The van der Waals surface area contributed by atoms with Gasteiger partial charge in [-0.15, -0.1) is 0 Å². The molecule has 0 spiro atoms. The monoisotopic (exact) mass is 434 g/mol. The van der Waals surface area contributed by atoms with Crippen molar-refractivity contribution in [3.05, 3.63) is 54.4 Å². The van der Waals surface area contributed by atoms with Crippen molar-refractivity contribution >= 4 is 28.5 Å². The number of carbonyl (C=O) groups excluding carboxylic acids is 2. The second-order valence-corrected chi connectivity index (χ2v) is 8.14. The van der Waals surface area contributed by atoms with Crippen molar-refractivity contribution in [3.8, 4) is 5.75 Å². The molecule has 32 heavy (non-hydrogen) atoms. The van der Waals surface area contributed by atoms with Gasteiger partial charge >= 0.3 is 0 Å². The topological polar surface area (TPSA) is 76.9 Å². The highest BCUT2D eigenvalue weighted by Crippen LogP contribution is 2.33. The van der Waals surface area contributed by atoms with Crippen LogP contribution in [0.15, 0.2) is 48.5 Å². The van der Waals surface area contributed by atoms with Crippen molar-refractivity contribution in [2.75, 3.05) is 44.9 Å². The van der Waals surface area contributed by atoms with Crippen molar-refractivity contribution in [2.45, 2.75) is 18.9 Å². The summed E-state index contributed by atoms with van der Waals surface area (Å²) in [4.78, 5) is 34.4. The Balaban J connectivity index is 1.43. The lowest BCUT2D eigenvalue weighted by molar-refractivity contribution is -0.135. The van der Waals surface area contributed by atoms with Crippen LogP contribution in [0.4, 0.5) is 5.69 Å². The first-order valence-corrected chi connectivity index (χ1v) is 10.9. The molecular formula is C24H26N4O4. The summed E-state index contributed by atoms with van der Waals surface area (Å²) in [5.41, 5.74) is 2.59. The number of fused-ring (bicyclic) bond motifs is 1. The first-order valence-electron chi connectivity index (χ1n) is 10.9. The molecule has 5 rings (SSSR count). The number of methoxy groups -OCH3 is 1. The van der Waals surface area contributed by atoms with Crippen LogP contribution in [0, 0.1) is 0 Å². The summed E-state index contributed by atoms with van der Waals surface area (Å²) in [5.74, 6) is 1.55. The first-order chi connectivity index (χ1) is 15.6. The number of ether oxygens (including phenoxy) is 2. The molecule has 0 bridgehead atoms.